The summed E-state index contributed by atoms with van der Waals surface area (Å²) in [7, 11) is 1.65. The van der Waals surface area contributed by atoms with Crippen molar-refractivity contribution in [3.05, 3.63) is 36.9 Å². The topological polar surface area (TPSA) is 40.5 Å². The number of hydrogen-bond acceptors (Lipinski definition) is 2. The van der Waals surface area contributed by atoms with E-state index in [2.05, 4.69) is 6.58 Å². The summed E-state index contributed by atoms with van der Waals surface area (Å²) in [4.78, 5) is 12.6. The van der Waals surface area contributed by atoms with Crippen LogP contribution < -0.4 is 4.90 Å². The van der Waals surface area contributed by atoms with E-state index in [0.717, 1.165) is 5.69 Å². The van der Waals surface area contributed by atoms with Crippen molar-refractivity contribution in [3.63, 3.8) is 0 Å². The second-order valence-electron chi connectivity index (χ2n) is 2.62. The lowest BCUT2D eigenvalue weighted by Crippen LogP contribution is -2.23. The minimum absolute atomic E-state index is 0.175. The van der Waals surface area contributed by atoms with Crippen molar-refractivity contribution in [2.24, 2.45) is 0 Å². The highest BCUT2D eigenvalue weighted by Gasteiger charge is 2.05. The molecule has 0 bridgehead atoms. The third-order valence-electron chi connectivity index (χ3n) is 1.74. The molecule has 1 N–H and O–H groups in total. The molecule has 1 rings (SSSR count). The number of likely N-dealkylation sites (N-methyl/N-ethyl adjacent to an activating group) is 1. The summed E-state index contributed by atoms with van der Waals surface area (Å²) in [5.41, 5.74) is 0.725. The van der Waals surface area contributed by atoms with Gasteiger partial charge in [-0.2, -0.15) is 0 Å². The molecule has 0 saturated heterocycles. The maximum atomic E-state index is 11.1. The maximum Gasteiger partial charge on any atom is 0.250 e. The van der Waals surface area contributed by atoms with Gasteiger partial charge in [-0.3, -0.25) is 4.79 Å². The second kappa shape index (κ2) is 3.76. The van der Waals surface area contributed by atoms with E-state index in [1.807, 2.05) is 0 Å². The first-order valence-corrected chi connectivity index (χ1v) is 3.84. The number of carbonyl (C=O) groups is 1. The van der Waals surface area contributed by atoms with Crippen molar-refractivity contribution in [2.75, 3.05) is 11.9 Å². The largest absolute Gasteiger partial charge is 0.508 e. The number of phenolic OH excluding ortho intramolecular Hbond substituents is 1. The summed E-state index contributed by atoms with van der Waals surface area (Å²) in [5, 5.41) is 9.01. The second-order valence-corrected chi connectivity index (χ2v) is 2.62. The van der Waals surface area contributed by atoms with Crippen LogP contribution in [0.25, 0.3) is 0 Å². The van der Waals surface area contributed by atoms with Gasteiger partial charge in [0.05, 0.1) is 0 Å². The molecular formula is C10H11NO2. The van der Waals surface area contributed by atoms with Gasteiger partial charge in [-0.05, 0) is 30.3 Å². The molecule has 0 unspecified atom stereocenters. The first-order chi connectivity index (χ1) is 6.15. The van der Waals surface area contributed by atoms with Crippen LogP contribution in [-0.2, 0) is 4.79 Å². The zero-order valence-electron chi connectivity index (χ0n) is 7.40. The summed E-state index contributed by atoms with van der Waals surface area (Å²) < 4.78 is 0. The molecule has 0 saturated carbocycles. The van der Waals surface area contributed by atoms with E-state index in [1.165, 1.54) is 23.1 Å². The zero-order chi connectivity index (χ0) is 9.84. The third-order valence-corrected chi connectivity index (χ3v) is 1.74. The summed E-state index contributed by atoms with van der Waals surface area (Å²) >= 11 is 0. The molecule has 0 aliphatic rings. The molecule has 0 aromatic heterocycles. The van der Waals surface area contributed by atoms with Gasteiger partial charge in [0.2, 0.25) is 5.91 Å². The number of rotatable bonds is 2. The van der Waals surface area contributed by atoms with Crippen LogP contribution >= 0.6 is 0 Å². The van der Waals surface area contributed by atoms with Crippen LogP contribution in [0.1, 0.15) is 0 Å². The van der Waals surface area contributed by atoms with Gasteiger partial charge in [-0.15, -0.1) is 0 Å². The Morgan fingerprint density at radius 1 is 1.46 bits per heavy atom. The lowest BCUT2D eigenvalue weighted by atomic mass is 10.3. The molecule has 13 heavy (non-hydrogen) atoms. The highest BCUT2D eigenvalue weighted by molar-refractivity contribution is 6.00. The highest BCUT2D eigenvalue weighted by atomic mass is 16.3. The van der Waals surface area contributed by atoms with E-state index in [1.54, 1.807) is 19.2 Å². The van der Waals surface area contributed by atoms with Crippen molar-refractivity contribution < 1.29 is 9.90 Å². The molecule has 1 amide bonds. The predicted molar refractivity (Wildman–Crippen MR) is 51.7 cm³/mol. The van der Waals surface area contributed by atoms with Crippen molar-refractivity contribution in [2.45, 2.75) is 0 Å². The fourth-order valence-electron chi connectivity index (χ4n) is 0.940. The van der Waals surface area contributed by atoms with Crippen LogP contribution in [-0.4, -0.2) is 18.1 Å². The molecule has 0 heterocycles. The first-order valence-electron chi connectivity index (χ1n) is 3.84. The number of amides is 1. The number of phenols is 1. The molecule has 1 aromatic carbocycles. The summed E-state index contributed by atoms with van der Waals surface area (Å²) in [6.07, 6.45) is 1.24. The lowest BCUT2D eigenvalue weighted by molar-refractivity contribution is -0.113. The molecule has 0 spiro atoms. The average Bonchev–Trinajstić information content (AvgIpc) is 2.17. The van der Waals surface area contributed by atoms with Crippen molar-refractivity contribution >= 4 is 11.6 Å². The van der Waals surface area contributed by atoms with Gasteiger partial charge in [0.1, 0.15) is 5.75 Å². The van der Waals surface area contributed by atoms with Crippen LogP contribution in [0.4, 0.5) is 5.69 Å². The highest BCUT2D eigenvalue weighted by Crippen LogP contribution is 2.17. The fraction of sp³-hybridized carbons (Fsp3) is 0.100. The Bertz CT molecular complexity index is 316. The van der Waals surface area contributed by atoms with E-state index < -0.39 is 0 Å². The SMILES string of the molecule is C=CC(=O)N(C)c1ccc(O)cc1. The number of benzene rings is 1. The number of carbonyl (C=O) groups excluding carboxylic acids is 1. The molecule has 1 aromatic rings. The van der Waals surface area contributed by atoms with E-state index in [9.17, 15) is 4.79 Å². The van der Waals surface area contributed by atoms with Gasteiger partial charge >= 0.3 is 0 Å². The Morgan fingerprint density at radius 2 is 2.00 bits per heavy atom. The smallest absolute Gasteiger partial charge is 0.250 e. The van der Waals surface area contributed by atoms with Gasteiger partial charge in [0, 0.05) is 12.7 Å². The van der Waals surface area contributed by atoms with Crippen LogP contribution in [0.15, 0.2) is 36.9 Å². The summed E-state index contributed by atoms with van der Waals surface area (Å²) in [6, 6.07) is 6.39. The van der Waals surface area contributed by atoms with E-state index in [0.29, 0.717) is 0 Å². The Labute approximate surface area is 76.9 Å². The maximum absolute atomic E-state index is 11.1. The monoisotopic (exact) mass is 177 g/mol. The molecule has 3 nitrogen and oxygen atoms in total. The minimum atomic E-state index is -0.175. The number of hydrogen-bond donors (Lipinski definition) is 1. The van der Waals surface area contributed by atoms with Crippen molar-refractivity contribution in [1.82, 2.24) is 0 Å². The van der Waals surface area contributed by atoms with E-state index in [-0.39, 0.29) is 11.7 Å². The van der Waals surface area contributed by atoms with E-state index in [4.69, 9.17) is 5.11 Å². The predicted octanol–water partition coefficient (Wildman–Crippen LogP) is 1.54. The molecule has 0 aliphatic heterocycles. The molecule has 0 fully saturated rings. The molecule has 0 aliphatic carbocycles. The van der Waals surface area contributed by atoms with Gasteiger partial charge in [0.25, 0.3) is 0 Å². The molecule has 68 valence electrons. The van der Waals surface area contributed by atoms with Crippen LogP contribution in [0, 0.1) is 0 Å². The van der Waals surface area contributed by atoms with Crippen molar-refractivity contribution in [1.29, 1.82) is 0 Å². The van der Waals surface area contributed by atoms with Gasteiger partial charge in [0.15, 0.2) is 0 Å². The normalized spacial score (nSPS) is 9.31. The molecule has 0 radical (unpaired) electrons. The quantitative estimate of drug-likeness (QED) is 0.696. The van der Waals surface area contributed by atoms with Gasteiger partial charge in [-0.1, -0.05) is 6.58 Å². The summed E-state index contributed by atoms with van der Waals surface area (Å²) in [5.74, 6) is 0.00823. The molecular weight excluding hydrogens is 166 g/mol. The van der Waals surface area contributed by atoms with Gasteiger partial charge < -0.3 is 10.0 Å². The first kappa shape index (κ1) is 9.32. The minimum Gasteiger partial charge on any atom is -0.508 e. The van der Waals surface area contributed by atoms with Crippen LogP contribution in [0.2, 0.25) is 0 Å². The van der Waals surface area contributed by atoms with E-state index >= 15 is 0 Å². The molecule has 3 heteroatoms. The zero-order valence-corrected chi connectivity index (χ0v) is 7.40. The van der Waals surface area contributed by atoms with Crippen molar-refractivity contribution in [3.8, 4) is 5.75 Å². The number of nitrogens with zero attached hydrogens (tertiary/aromatic N) is 1. The lowest BCUT2D eigenvalue weighted by Gasteiger charge is -2.14. The number of anilines is 1. The Hall–Kier alpha value is -1.77. The Kier molecular flexibility index (Phi) is 2.69. The Morgan fingerprint density at radius 3 is 2.46 bits per heavy atom. The standard InChI is InChI=1S/C10H11NO2/c1-3-10(13)11(2)8-4-6-9(12)7-5-8/h3-7,12H,1H2,2H3. The molecule has 0 atom stereocenters. The summed E-state index contributed by atoms with van der Waals surface area (Å²) in [6.45, 7) is 3.38. The fourth-order valence-corrected chi connectivity index (χ4v) is 0.940. The van der Waals surface area contributed by atoms with Crippen LogP contribution in [0.5, 0.6) is 5.75 Å². The third kappa shape index (κ3) is 2.08. The van der Waals surface area contributed by atoms with Crippen LogP contribution in [0.3, 0.4) is 0 Å². The number of aromatic hydroxyl groups is 1. The van der Waals surface area contributed by atoms with Gasteiger partial charge in [-0.25, -0.2) is 0 Å². The average molecular weight is 177 g/mol. The Balaban J connectivity index is 2.89.